The predicted octanol–water partition coefficient (Wildman–Crippen LogP) is 2.55. The second-order valence-electron chi connectivity index (χ2n) is 5.81. The number of likely N-dealkylation sites (tertiary alicyclic amines) is 1. The second-order valence-corrected chi connectivity index (χ2v) is 5.81. The standard InChI is InChI=1S/C15H24N4O2/c1-10(2)14-16-11(3)8-13(18-14)17-12-6-5-7-19(9-12)15(20)21-4/h8,10,12H,5-7,9H2,1-4H3,(H,16,17,18). The van der Waals surface area contributed by atoms with Crippen LogP contribution < -0.4 is 5.32 Å². The fourth-order valence-electron chi connectivity index (χ4n) is 2.52. The molecule has 6 nitrogen and oxygen atoms in total. The fourth-order valence-corrected chi connectivity index (χ4v) is 2.52. The van der Waals surface area contributed by atoms with E-state index in [1.807, 2.05) is 13.0 Å². The Kier molecular flexibility index (Phi) is 4.98. The van der Waals surface area contributed by atoms with E-state index in [1.165, 1.54) is 7.11 Å². The van der Waals surface area contributed by atoms with Gasteiger partial charge < -0.3 is 15.0 Å². The third-order valence-corrected chi connectivity index (χ3v) is 3.59. The Morgan fingerprint density at radius 2 is 2.24 bits per heavy atom. The predicted molar refractivity (Wildman–Crippen MR) is 81.5 cm³/mol. The summed E-state index contributed by atoms with van der Waals surface area (Å²) < 4.78 is 4.79. The van der Waals surface area contributed by atoms with E-state index in [2.05, 4.69) is 29.1 Å². The first-order chi connectivity index (χ1) is 9.99. The third-order valence-electron chi connectivity index (χ3n) is 3.59. The molecule has 1 amide bonds. The summed E-state index contributed by atoms with van der Waals surface area (Å²) in [4.78, 5) is 22.4. The molecule has 1 aliphatic rings. The number of aryl methyl sites for hydroxylation is 1. The van der Waals surface area contributed by atoms with Crippen LogP contribution in [0.1, 0.15) is 44.1 Å². The minimum Gasteiger partial charge on any atom is -0.453 e. The Morgan fingerprint density at radius 3 is 2.90 bits per heavy atom. The summed E-state index contributed by atoms with van der Waals surface area (Å²) >= 11 is 0. The highest BCUT2D eigenvalue weighted by molar-refractivity contribution is 5.67. The minimum atomic E-state index is -0.261. The maximum atomic E-state index is 11.6. The first kappa shape index (κ1) is 15.5. The highest BCUT2D eigenvalue weighted by Crippen LogP contribution is 2.18. The fraction of sp³-hybridized carbons (Fsp3) is 0.667. The van der Waals surface area contributed by atoms with Gasteiger partial charge >= 0.3 is 6.09 Å². The minimum absolute atomic E-state index is 0.201. The molecule has 1 atom stereocenters. The van der Waals surface area contributed by atoms with Gasteiger partial charge in [-0.25, -0.2) is 14.8 Å². The van der Waals surface area contributed by atoms with Gasteiger partial charge in [0.15, 0.2) is 0 Å². The highest BCUT2D eigenvalue weighted by Gasteiger charge is 2.24. The number of piperidine rings is 1. The number of hydrogen-bond donors (Lipinski definition) is 1. The largest absolute Gasteiger partial charge is 0.453 e. The maximum absolute atomic E-state index is 11.6. The van der Waals surface area contributed by atoms with Crippen molar-refractivity contribution in [2.75, 3.05) is 25.5 Å². The second kappa shape index (κ2) is 6.74. The zero-order valence-corrected chi connectivity index (χ0v) is 13.2. The van der Waals surface area contributed by atoms with Crippen LogP contribution >= 0.6 is 0 Å². The molecule has 1 N–H and O–H groups in total. The molecule has 2 heterocycles. The van der Waals surface area contributed by atoms with Gasteiger partial charge in [0.25, 0.3) is 0 Å². The van der Waals surface area contributed by atoms with E-state index in [1.54, 1.807) is 4.90 Å². The SMILES string of the molecule is COC(=O)N1CCCC(Nc2cc(C)nc(C(C)C)n2)C1. The van der Waals surface area contributed by atoms with Crippen LogP contribution in [0, 0.1) is 6.92 Å². The van der Waals surface area contributed by atoms with Gasteiger partial charge in [-0.05, 0) is 19.8 Å². The average molecular weight is 292 g/mol. The topological polar surface area (TPSA) is 67.3 Å². The van der Waals surface area contributed by atoms with Gasteiger partial charge in [-0.1, -0.05) is 13.8 Å². The van der Waals surface area contributed by atoms with Crippen molar-refractivity contribution in [2.24, 2.45) is 0 Å². The molecule has 1 unspecified atom stereocenters. The summed E-state index contributed by atoms with van der Waals surface area (Å²) in [6, 6.07) is 2.15. The molecule has 0 saturated carbocycles. The molecule has 1 aromatic rings. The van der Waals surface area contributed by atoms with Crippen molar-refractivity contribution in [3.05, 3.63) is 17.6 Å². The normalized spacial score (nSPS) is 18.7. The number of anilines is 1. The number of methoxy groups -OCH3 is 1. The van der Waals surface area contributed by atoms with Gasteiger partial charge in [0.2, 0.25) is 0 Å². The molecule has 1 aliphatic heterocycles. The number of ether oxygens (including phenoxy) is 1. The summed E-state index contributed by atoms with van der Waals surface area (Å²) in [5, 5.41) is 3.43. The molecule has 0 bridgehead atoms. The van der Waals surface area contributed by atoms with E-state index in [9.17, 15) is 4.79 Å². The van der Waals surface area contributed by atoms with Crippen LogP contribution in [0.3, 0.4) is 0 Å². The zero-order valence-electron chi connectivity index (χ0n) is 13.2. The molecular formula is C15H24N4O2. The lowest BCUT2D eigenvalue weighted by Crippen LogP contribution is -2.45. The number of rotatable bonds is 3. The van der Waals surface area contributed by atoms with Crippen LogP contribution in [-0.2, 0) is 4.74 Å². The summed E-state index contributed by atoms with van der Waals surface area (Å²) in [6.45, 7) is 7.54. The average Bonchev–Trinajstić information content (AvgIpc) is 2.46. The monoisotopic (exact) mass is 292 g/mol. The van der Waals surface area contributed by atoms with Crippen LogP contribution in [-0.4, -0.2) is 47.2 Å². The summed E-state index contributed by atoms with van der Waals surface area (Å²) in [6.07, 6.45) is 1.73. The molecule has 0 spiro atoms. The van der Waals surface area contributed by atoms with Gasteiger partial charge in [-0.3, -0.25) is 0 Å². The number of nitrogens with one attached hydrogen (secondary N) is 1. The molecule has 1 aromatic heterocycles. The van der Waals surface area contributed by atoms with E-state index >= 15 is 0 Å². The first-order valence-corrected chi connectivity index (χ1v) is 7.44. The van der Waals surface area contributed by atoms with Gasteiger partial charge in [-0.15, -0.1) is 0 Å². The number of aromatic nitrogens is 2. The zero-order chi connectivity index (χ0) is 15.4. The van der Waals surface area contributed by atoms with E-state index < -0.39 is 0 Å². The number of amides is 1. The summed E-state index contributed by atoms with van der Waals surface area (Å²) in [5.41, 5.74) is 0.955. The number of carbonyl (C=O) groups is 1. The molecule has 1 fully saturated rings. The number of carbonyl (C=O) groups excluding carboxylic acids is 1. The molecule has 0 radical (unpaired) electrons. The van der Waals surface area contributed by atoms with Crippen molar-refractivity contribution < 1.29 is 9.53 Å². The van der Waals surface area contributed by atoms with E-state index in [0.717, 1.165) is 36.7 Å². The molecule has 0 aromatic carbocycles. The molecule has 21 heavy (non-hydrogen) atoms. The van der Waals surface area contributed by atoms with Crippen LogP contribution in [0.25, 0.3) is 0 Å². The van der Waals surface area contributed by atoms with Crippen LogP contribution in [0.2, 0.25) is 0 Å². The Bertz CT molecular complexity index is 504. The van der Waals surface area contributed by atoms with Crippen molar-refractivity contribution in [1.82, 2.24) is 14.9 Å². The Balaban J connectivity index is 2.05. The van der Waals surface area contributed by atoms with E-state index in [0.29, 0.717) is 12.5 Å². The highest BCUT2D eigenvalue weighted by atomic mass is 16.5. The first-order valence-electron chi connectivity index (χ1n) is 7.44. The van der Waals surface area contributed by atoms with Crippen LogP contribution in [0.5, 0.6) is 0 Å². The van der Waals surface area contributed by atoms with Gasteiger partial charge in [-0.2, -0.15) is 0 Å². The molecule has 6 heteroatoms. The van der Waals surface area contributed by atoms with Crippen LogP contribution in [0.15, 0.2) is 6.07 Å². The number of nitrogens with zero attached hydrogens (tertiary/aromatic N) is 3. The van der Waals surface area contributed by atoms with E-state index in [-0.39, 0.29) is 12.1 Å². The summed E-state index contributed by atoms with van der Waals surface area (Å²) in [7, 11) is 1.42. The van der Waals surface area contributed by atoms with Crippen molar-refractivity contribution in [2.45, 2.75) is 45.6 Å². The lowest BCUT2D eigenvalue weighted by atomic mass is 10.1. The lowest BCUT2D eigenvalue weighted by molar-refractivity contribution is 0.113. The molecule has 116 valence electrons. The van der Waals surface area contributed by atoms with Gasteiger partial charge in [0.05, 0.1) is 7.11 Å². The van der Waals surface area contributed by atoms with Crippen molar-refractivity contribution in [3.63, 3.8) is 0 Å². The van der Waals surface area contributed by atoms with Crippen molar-refractivity contribution in [3.8, 4) is 0 Å². The molecule has 0 aliphatic carbocycles. The maximum Gasteiger partial charge on any atom is 0.409 e. The van der Waals surface area contributed by atoms with Gasteiger partial charge in [0, 0.05) is 36.8 Å². The molecule has 2 rings (SSSR count). The quantitative estimate of drug-likeness (QED) is 0.927. The smallest absolute Gasteiger partial charge is 0.409 e. The third kappa shape index (κ3) is 4.06. The van der Waals surface area contributed by atoms with Gasteiger partial charge in [0.1, 0.15) is 11.6 Å². The van der Waals surface area contributed by atoms with E-state index in [4.69, 9.17) is 4.74 Å². The Hall–Kier alpha value is -1.85. The molecule has 1 saturated heterocycles. The Labute approximate surface area is 125 Å². The van der Waals surface area contributed by atoms with Crippen molar-refractivity contribution in [1.29, 1.82) is 0 Å². The lowest BCUT2D eigenvalue weighted by Gasteiger charge is -2.32. The number of hydrogen-bond acceptors (Lipinski definition) is 5. The van der Waals surface area contributed by atoms with Crippen molar-refractivity contribution >= 4 is 11.9 Å². The Morgan fingerprint density at radius 1 is 1.48 bits per heavy atom. The molecular weight excluding hydrogens is 268 g/mol. The van der Waals surface area contributed by atoms with Crippen LogP contribution in [0.4, 0.5) is 10.6 Å². The summed E-state index contributed by atoms with van der Waals surface area (Å²) in [5.74, 6) is 1.98.